The number of anilines is 3. The molecule has 0 amide bonds. The molecule has 11 aromatic rings. The molecule has 0 aliphatic heterocycles. The highest BCUT2D eigenvalue weighted by Crippen LogP contribution is 2.43. The van der Waals surface area contributed by atoms with Crippen LogP contribution in [0.3, 0.4) is 0 Å². The zero-order chi connectivity index (χ0) is 37.0. The van der Waals surface area contributed by atoms with Crippen molar-refractivity contribution in [2.24, 2.45) is 0 Å². The van der Waals surface area contributed by atoms with Gasteiger partial charge in [0.05, 0.1) is 0 Å². The van der Waals surface area contributed by atoms with E-state index in [0.717, 1.165) is 17.1 Å². The van der Waals surface area contributed by atoms with Gasteiger partial charge in [-0.3, -0.25) is 0 Å². The third kappa shape index (κ3) is 5.62. The van der Waals surface area contributed by atoms with Gasteiger partial charge >= 0.3 is 0 Å². The first-order valence-electron chi connectivity index (χ1n) is 19.2. The SMILES string of the molecule is c1ccc(-c2ccc(N(c3ccc(-c4ccc(-c5cc6ccccc6c6ccccc56)cc4)cc3)c3ccc4c(c3)sc3cc5ccccc5cc34)cc2)cc1. The van der Waals surface area contributed by atoms with E-state index in [-0.39, 0.29) is 0 Å². The molecule has 0 atom stereocenters. The lowest BCUT2D eigenvalue weighted by molar-refractivity contribution is 1.29. The van der Waals surface area contributed by atoms with Crippen molar-refractivity contribution in [3.63, 3.8) is 0 Å². The zero-order valence-corrected chi connectivity index (χ0v) is 31.4. The Morgan fingerprint density at radius 2 is 0.750 bits per heavy atom. The van der Waals surface area contributed by atoms with Crippen LogP contribution in [-0.2, 0) is 0 Å². The highest BCUT2D eigenvalue weighted by atomic mass is 32.1. The molecule has 0 radical (unpaired) electrons. The molecule has 10 aromatic carbocycles. The molecule has 0 spiro atoms. The van der Waals surface area contributed by atoms with Crippen LogP contribution < -0.4 is 4.90 Å². The third-order valence-electron chi connectivity index (χ3n) is 11.2. The fourth-order valence-electron chi connectivity index (χ4n) is 8.41. The van der Waals surface area contributed by atoms with E-state index in [1.54, 1.807) is 0 Å². The molecule has 262 valence electrons. The number of nitrogens with zero attached hydrogens (tertiary/aromatic N) is 1. The topological polar surface area (TPSA) is 3.24 Å². The Morgan fingerprint density at radius 3 is 1.43 bits per heavy atom. The summed E-state index contributed by atoms with van der Waals surface area (Å²) >= 11 is 1.87. The van der Waals surface area contributed by atoms with Gasteiger partial charge in [0.25, 0.3) is 0 Å². The first-order valence-corrected chi connectivity index (χ1v) is 20.0. The van der Waals surface area contributed by atoms with Gasteiger partial charge in [0, 0.05) is 37.2 Å². The average molecular weight is 730 g/mol. The molecular formula is C54H35NS. The van der Waals surface area contributed by atoms with Crippen LogP contribution in [0.25, 0.3) is 85.9 Å². The van der Waals surface area contributed by atoms with Crippen molar-refractivity contribution < 1.29 is 0 Å². The lowest BCUT2D eigenvalue weighted by atomic mass is 9.92. The van der Waals surface area contributed by atoms with E-state index in [2.05, 4.69) is 217 Å². The maximum atomic E-state index is 2.38. The van der Waals surface area contributed by atoms with Crippen molar-refractivity contribution in [2.45, 2.75) is 0 Å². The summed E-state index contributed by atoms with van der Waals surface area (Å²) in [7, 11) is 0. The summed E-state index contributed by atoms with van der Waals surface area (Å²) in [6, 6.07) is 77.7. The molecule has 0 fully saturated rings. The molecule has 2 heteroatoms. The van der Waals surface area contributed by atoms with Crippen LogP contribution in [0.1, 0.15) is 0 Å². The molecule has 0 bridgehead atoms. The van der Waals surface area contributed by atoms with Gasteiger partial charge in [0.15, 0.2) is 0 Å². The first-order chi connectivity index (χ1) is 27.7. The van der Waals surface area contributed by atoms with Crippen LogP contribution in [-0.4, -0.2) is 0 Å². The van der Waals surface area contributed by atoms with E-state index in [1.165, 1.54) is 85.9 Å². The van der Waals surface area contributed by atoms with Crippen molar-refractivity contribution in [3.05, 3.63) is 212 Å². The zero-order valence-electron chi connectivity index (χ0n) is 30.6. The Balaban J connectivity index is 0.969. The van der Waals surface area contributed by atoms with E-state index >= 15 is 0 Å². The van der Waals surface area contributed by atoms with Gasteiger partial charge in [-0.25, -0.2) is 0 Å². The number of thiophene rings is 1. The lowest BCUT2D eigenvalue weighted by Gasteiger charge is -2.26. The summed E-state index contributed by atoms with van der Waals surface area (Å²) in [5, 5.41) is 10.3. The summed E-state index contributed by atoms with van der Waals surface area (Å²) in [5.41, 5.74) is 10.7. The van der Waals surface area contributed by atoms with Crippen molar-refractivity contribution in [1.29, 1.82) is 0 Å². The lowest BCUT2D eigenvalue weighted by Crippen LogP contribution is -2.09. The second-order valence-corrected chi connectivity index (χ2v) is 15.6. The van der Waals surface area contributed by atoms with Gasteiger partial charge in [0.2, 0.25) is 0 Å². The summed E-state index contributed by atoms with van der Waals surface area (Å²) in [6.45, 7) is 0. The number of rotatable bonds is 6. The monoisotopic (exact) mass is 729 g/mol. The molecule has 0 saturated heterocycles. The van der Waals surface area contributed by atoms with Crippen molar-refractivity contribution in [1.82, 2.24) is 0 Å². The third-order valence-corrected chi connectivity index (χ3v) is 12.4. The van der Waals surface area contributed by atoms with Crippen molar-refractivity contribution in [3.8, 4) is 33.4 Å². The predicted molar refractivity (Wildman–Crippen MR) is 243 cm³/mol. The summed E-state index contributed by atoms with van der Waals surface area (Å²) in [4.78, 5) is 2.38. The van der Waals surface area contributed by atoms with Crippen LogP contribution >= 0.6 is 11.3 Å². The number of hydrogen-bond acceptors (Lipinski definition) is 2. The molecule has 11 rings (SSSR count). The molecule has 1 nitrogen and oxygen atoms in total. The molecule has 0 saturated carbocycles. The minimum absolute atomic E-state index is 1.12. The Labute approximate surface area is 330 Å². The number of fused-ring (bicyclic) bond motifs is 7. The number of benzene rings is 10. The Hall–Kier alpha value is -7.00. The smallest absolute Gasteiger partial charge is 0.0476 e. The second-order valence-electron chi connectivity index (χ2n) is 14.5. The Bertz CT molecular complexity index is 3210. The van der Waals surface area contributed by atoms with Crippen molar-refractivity contribution in [2.75, 3.05) is 4.90 Å². The molecular weight excluding hydrogens is 695 g/mol. The van der Waals surface area contributed by atoms with Gasteiger partial charge in [-0.15, -0.1) is 11.3 Å². The normalized spacial score (nSPS) is 11.6. The van der Waals surface area contributed by atoms with Crippen LogP contribution in [0, 0.1) is 0 Å². The maximum absolute atomic E-state index is 2.38. The fraction of sp³-hybridized carbons (Fsp3) is 0. The van der Waals surface area contributed by atoms with Crippen LogP contribution in [0.2, 0.25) is 0 Å². The molecule has 0 aliphatic rings. The van der Waals surface area contributed by atoms with Gasteiger partial charge in [0.1, 0.15) is 0 Å². The van der Waals surface area contributed by atoms with Crippen molar-refractivity contribution >= 4 is 80.9 Å². The Morgan fingerprint density at radius 1 is 0.268 bits per heavy atom. The van der Waals surface area contributed by atoms with Gasteiger partial charge in [-0.2, -0.15) is 0 Å². The highest BCUT2D eigenvalue weighted by molar-refractivity contribution is 7.25. The maximum Gasteiger partial charge on any atom is 0.0476 e. The quantitative estimate of drug-likeness (QED) is 0.154. The van der Waals surface area contributed by atoms with Crippen LogP contribution in [0.15, 0.2) is 212 Å². The summed E-state index contributed by atoms with van der Waals surface area (Å²) in [6.07, 6.45) is 0. The molecule has 1 aromatic heterocycles. The largest absolute Gasteiger partial charge is 0.310 e. The van der Waals surface area contributed by atoms with Gasteiger partial charge in [-0.05, 0) is 120 Å². The Kier molecular flexibility index (Phi) is 7.75. The fourth-order valence-corrected chi connectivity index (χ4v) is 9.58. The number of hydrogen-bond donors (Lipinski definition) is 0. The van der Waals surface area contributed by atoms with Gasteiger partial charge < -0.3 is 4.90 Å². The second kappa shape index (κ2) is 13.4. The van der Waals surface area contributed by atoms with Crippen LogP contribution in [0.5, 0.6) is 0 Å². The minimum Gasteiger partial charge on any atom is -0.310 e. The average Bonchev–Trinajstić information content (AvgIpc) is 3.63. The van der Waals surface area contributed by atoms with E-state index < -0.39 is 0 Å². The molecule has 0 unspecified atom stereocenters. The molecule has 1 heterocycles. The first kappa shape index (κ1) is 32.4. The molecule has 0 aliphatic carbocycles. The summed E-state index contributed by atoms with van der Waals surface area (Å²) < 4.78 is 2.61. The predicted octanol–water partition coefficient (Wildman–Crippen LogP) is 16.0. The summed E-state index contributed by atoms with van der Waals surface area (Å²) in [5.74, 6) is 0. The van der Waals surface area contributed by atoms with E-state index in [9.17, 15) is 0 Å². The van der Waals surface area contributed by atoms with Crippen LogP contribution in [0.4, 0.5) is 17.1 Å². The minimum atomic E-state index is 1.12. The van der Waals surface area contributed by atoms with E-state index in [0.29, 0.717) is 0 Å². The van der Waals surface area contributed by atoms with E-state index in [4.69, 9.17) is 0 Å². The highest BCUT2D eigenvalue weighted by Gasteiger charge is 2.16. The molecule has 56 heavy (non-hydrogen) atoms. The van der Waals surface area contributed by atoms with Gasteiger partial charge in [-0.1, -0.05) is 158 Å². The van der Waals surface area contributed by atoms with E-state index in [1.807, 2.05) is 11.3 Å². The standard InChI is InChI=1S/C54H35NS/c1-2-10-36(11-3-1)38-22-26-44(27-23-38)55(46-30-31-50-52-32-41-12-4-5-13-42(41)34-53(52)56-54(50)35-46)45-28-24-39(25-29-45)37-18-20-40(21-19-37)51-33-43-14-6-7-15-47(43)48-16-8-9-17-49(48)51/h1-35H. The molecule has 0 N–H and O–H groups in total.